The first-order chi connectivity index (χ1) is 13.7. The van der Waals surface area contributed by atoms with Crippen LogP contribution in [0.15, 0.2) is 18.2 Å². The van der Waals surface area contributed by atoms with Gasteiger partial charge in [-0.15, -0.1) is 11.3 Å². The predicted octanol–water partition coefficient (Wildman–Crippen LogP) is 3.25. The van der Waals surface area contributed by atoms with Crippen molar-refractivity contribution in [3.05, 3.63) is 43.6 Å². The summed E-state index contributed by atoms with van der Waals surface area (Å²) in [6.45, 7) is 6.10. The Kier molecular flexibility index (Phi) is 5.56. The number of amides is 2. The maximum Gasteiger partial charge on any atom is 0.261 e. The minimum absolute atomic E-state index is 0.0635. The van der Waals surface area contributed by atoms with Crippen molar-refractivity contribution < 1.29 is 14.0 Å². The van der Waals surface area contributed by atoms with E-state index in [2.05, 4.69) is 35.1 Å². The number of rotatable bonds is 4. The van der Waals surface area contributed by atoms with Gasteiger partial charge in [0, 0.05) is 23.2 Å². The van der Waals surface area contributed by atoms with Crippen LogP contribution in [0.3, 0.4) is 0 Å². The lowest BCUT2D eigenvalue weighted by atomic mass is 9.85. The monoisotopic (exact) mass is 528 g/mol. The van der Waals surface area contributed by atoms with E-state index in [1.807, 2.05) is 22.6 Å². The molecule has 2 amide bonds. The summed E-state index contributed by atoms with van der Waals surface area (Å²) in [5.41, 5.74) is 1.26. The zero-order valence-electron chi connectivity index (χ0n) is 16.1. The smallest absolute Gasteiger partial charge is 0.261 e. The minimum atomic E-state index is -0.403. The molecule has 1 fully saturated rings. The van der Waals surface area contributed by atoms with E-state index >= 15 is 0 Å². The second-order valence-corrected chi connectivity index (χ2v) is 10.5. The Bertz CT molecular complexity index is 987. The van der Waals surface area contributed by atoms with Gasteiger partial charge < -0.3 is 21.3 Å². The van der Waals surface area contributed by atoms with Crippen molar-refractivity contribution >= 4 is 56.4 Å². The zero-order valence-corrected chi connectivity index (χ0v) is 19.1. The SMILES string of the molecule is CC1(C)CNC(=O)c2sc(Nc3ccc(I)cc3F)c(C(=O)NC3CNC3)c2C1. The van der Waals surface area contributed by atoms with Crippen molar-refractivity contribution in [2.45, 2.75) is 26.3 Å². The van der Waals surface area contributed by atoms with Crippen molar-refractivity contribution in [3.8, 4) is 0 Å². The second-order valence-electron chi connectivity index (χ2n) is 8.22. The fourth-order valence-electron chi connectivity index (χ4n) is 3.45. The standard InChI is InChI=1S/C20H22FIN4O2S/c1-20(2)6-12-15(17(27)25-11-7-23-8-11)19(29-16(12)18(28)24-9-20)26-14-4-3-10(22)5-13(14)21/h3-5,11,23,26H,6-9H2,1-2H3,(H,24,28)(H,25,27). The number of fused-ring (bicyclic) bond motifs is 1. The molecule has 0 spiro atoms. The van der Waals surface area contributed by atoms with E-state index in [9.17, 15) is 14.0 Å². The van der Waals surface area contributed by atoms with Gasteiger partial charge in [-0.2, -0.15) is 0 Å². The molecule has 4 N–H and O–H groups in total. The molecule has 29 heavy (non-hydrogen) atoms. The summed E-state index contributed by atoms with van der Waals surface area (Å²) in [6.07, 6.45) is 0.583. The molecule has 1 aromatic heterocycles. The zero-order chi connectivity index (χ0) is 20.8. The van der Waals surface area contributed by atoms with Gasteiger partial charge in [0.15, 0.2) is 0 Å². The van der Waals surface area contributed by atoms with Crippen molar-refractivity contribution in [1.29, 1.82) is 0 Å². The van der Waals surface area contributed by atoms with Crippen LogP contribution in [-0.4, -0.2) is 37.5 Å². The van der Waals surface area contributed by atoms with Gasteiger partial charge in [0.05, 0.1) is 22.2 Å². The summed E-state index contributed by atoms with van der Waals surface area (Å²) in [6, 6.07) is 4.93. The number of anilines is 2. The predicted molar refractivity (Wildman–Crippen MR) is 121 cm³/mol. The Balaban J connectivity index is 1.78. The van der Waals surface area contributed by atoms with Gasteiger partial charge >= 0.3 is 0 Å². The average Bonchev–Trinajstić information content (AvgIpc) is 2.90. The van der Waals surface area contributed by atoms with Crippen LogP contribution in [0.2, 0.25) is 0 Å². The summed E-state index contributed by atoms with van der Waals surface area (Å²) in [5.74, 6) is -0.821. The Morgan fingerprint density at radius 1 is 1.34 bits per heavy atom. The number of thiophene rings is 1. The molecule has 154 valence electrons. The largest absolute Gasteiger partial charge is 0.351 e. The fraction of sp³-hybridized carbons (Fsp3) is 0.400. The maximum absolute atomic E-state index is 14.4. The molecule has 1 aromatic carbocycles. The molecule has 0 aliphatic carbocycles. The molecule has 4 rings (SSSR count). The van der Waals surface area contributed by atoms with Crippen LogP contribution in [0.25, 0.3) is 0 Å². The van der Waals surface area contributed by atoms with Crippen LogP contribution in [0, 0.1) is 14.8 Å². The highest BCUT2D eigenvalue weighted by Crippen LogP contribution is 2.40. The number of benzene rings is 1. The molecule has 0 unspecified atom stereocenters. The fourth-order valence-corrected chi connectivity index (χ4v) is 5.05. The molecule has 2 aliphatic heterocycles. The molecular formula is C20H22FIN4O2S. The molecule has 0 saturated carbocycles. The van der Waals surface area contributed by atoms with Gasteiger partial charge in [0.2, 0.25) is 0 Å². The normalized spacial score (nSPS) is 18.3. The Morgan fingerprint density at radius 2 is 2.10 bits per heavy atom. The third-order valence-electron chi connectivity index (χ3n) is 5.12. The van der Waals surface area contributed by atoms with E-state index < -0.39 is 5.82 Å². The lowest BCUT2D eigenvalue weighted by Crippen LogP contribution is -2.57. The van der Waals surface area contributed by atoms with Gasteiger partial charge in [-0.05, 0) is 58.2 Å². The van der Waals surface area contributed by atoms with Crippen LogP contribution in [-0.2, 0) is 6.42 Å². The summed E-state index contributed by atoms with van der Waals surface area (Å²) in [4.78, 5) is 26.4. The van der Waals surface area contributed by atoms with Crippen molar-refractivity contribution in [1.82, 2.24) is 16.0 Å². The number of carbonyl (C=O) groups is 2. The summed E-state index contributed by atoms with van der Waals surface area (Å²) in [5, 5.41) is 12.7. The van der Waals surface area contributed by atoms with E-state index in [1.54, 1.807) is 12.1 Å². The van der Waals surface area contributed by atoms with Crippen LogP contribution in [0.1, 0.15) is 39.4 Å². The average molecular weight is 528 g/mol. The van der Waals surface area contributed by atoms with Crippen LogP contribution in [0.4, 0.5) is 15.1 Å². The van der Waals surface area contributed by atoms with E-state index in [4.69, 9.17) is 0 Å². The summed E-state index contributed by atoms with van der Waals surface area (Å²) < 4.78 is 15.2. The van der Waals surface area contributed by atoms with Gasteiger partial charge in [0.25, 0.3) is 11.8 Å². The third-order valence-corrected chi connectivity index (χ3v) is 6.94. The van der Waals surface area contributed by atoms with Crippen LogP contribution < -0.4 is 21.3 Å². The highest BCUT2D eigenvalue weighted by molar-refractivity contribution is 14.1. The van der Waals surface area contributed by atoms with E-state index in [0.717, 1.165) is 22.2 Å². The first-order valence-corrected chi connectivity index (χ1v) is 11.3. The molecule has 0 bridgehead atoms. The first kappa shape index (κ1) is 20.5. The van der Waals surface area contributed by atoms with Crippen LogP contribution in [0.5, 0.6) is 0 Å². The van der Waals surface area contributed by atoms with Crippen molar-refractivity contribution in [2.24, 2.45) is 5.41 Å². The molecule has 1 saturated heterocycles. The molecule has 9 heteroatoms. The highest BCUT2D eigenvalue weighted by Gasteiger charge is 2.35. The summed E-state index contributed by atoms with van der Waals surface area (Å²) >= 11 is 3.25. The number of hydrogen-bond donors (Lipinski definition) is 4. The van der Waals surface area contributed by atoms with Crippen LogP contribution >= 0.6 is 33.9 Å². The van der Waals surface area contributed by atoms with Gasteiger partial charge in [0.1, 0.15) is 10.8 Å². The van der Waals surface area contributed by atoms with Gasteiger partial charge in [-0.25, -0.2) is 4.39 Å². The third kappa shape index (κ3) is 4.26. The summed E-state index contributed by atoms with van der Waals surface area (Å²) in [7, 11) is 0. The van der Waals surface area contributed by atoms with Crippen molar-refractivity contribution in [2.75, 3.05) is 25.0 Å². The molecule has 3 heterocycles. The molecule has 2 aromatic rings. The number of nitrogens with one attached hydrogen (secondary N) is 4. The maximum atomic E-state index is 14.4. The Morgan fingerprint density at radius 3 is 2.76 bits per heavy atom. The highest BCUT2D eigenvalue weighted by atomic mass is 127. The van der Waals surface area contributed by atoms with E-state index in [1.165, 1.54) is 17.4 Å². The topological polar surface area (TPSA) is 82.3 Å². The lowest BCUT2D eigenvalue weighted by Gasteiger charge is -2.28. The molecule has 0 atom stereocenters. The van der Waals surface area contributed by atoms with Crippen molar-refractivity contribution in [3.63, 3.8) is 0 Å². The molecule has 0 radical (unpaired) electrons. The van der Waals surface area contributed by atoms with Gasteiger partial charge in [-0.3, -0.25) is 9.59 Å². The van der Waals surface area contributed by atoms with Gasteiger partial charge in [-0.1, -0.05) is 13.8 Å². The first-order valence-electron chi connectivity index (χ1n) is 9.41. The number of halogens is 2. The number of hydrogen-bond acceptors (Lipinski definition) is 5. The molecular weight excluding hydrogens is 506 g/mol. The molecule has 6 nitrogen and oxygen atoms in total. The van der Waals surface area contributed by atoms with E-state index in [0.29, 0.717) is 28.4 Å². The lowest BCUT2D eigenvalue weighted by molar-refractivity contribution is 0.0922. The quantitative estimate of drug-likeness (QED) is 0.460. The number of carbonyl (C=O) groups excluding carboxylic acids is 2. The second kappa shape index (κ2) is 7.84. The minimum Gasteiger partial charge on any atom is -0.351 e. The molecule has 2 aliphatic rings. The Hall–Kier alpha value is -1.72. The Labute approximate surface area is 186 Å². The van der Waals surface area contributed by atoms with E-state index in [-0.39, 0.29) is 29.0 Å².